The Morgan fingerprint density at radius 3 is 2.65 bits per heavy atom. The van der Waals surface area contributed by atoms with Gasteiger partial charge in [-0.2, -0.15) is 9.78 Å². The topological polar surface area (TPSA) is 44.1 Å². The number of hydrogen-bond donors (Lipinski definition) is 0. The lowest BCUT2D eigenvalue weighted by Gasteiger charge is -2.06. The molecule has 0 N–H and O–H groups in total. The summed E-state index contributed by atoms with van der Waals surface area (Å²) in [5, 5.41) is 3.98. The number of hydrogen-bond acceptors (Lipinski definition) is 3. The van der Waals surface area contributed by atoms with Gasteiger partial charge in [0.1, 0.15) is 0 Å². The molecule has 0 unspecified atom stereocenters. The average molecular weight is 230 g/mol. The van der Waals surface area contributed by atoms with E-state index in [0.29, 0.717) is 6.61 Å². The second-order valence-electron chi connectivity index (χ2n) is 3.69. The van der Waals surface area contributed by atoms with Crippen LogP contribution in [-0.2, 0) is 4.74 Å². The summed E-state index contributed by atoms with van der Waals surface area (Å²) in [5.41, 5.74) is 2.86. The van der Waals surface area contributed by atoms with E-state index >= 15 is 0 Å². The highest BCUT2D eigenvalue weighted by atomic mass is 16.5. The number of aromatic nitrogens is 2. The smallest absolute Gasteiger partial charge is 0.435 e. The predicted octanol–water partition coefficient (Wildman–Crippen LogP) is 2.86. The van der Waals surface area contributed by atoms with Gasteiger partial charge in [0, 0.05) is 5.56 Å². The van der Waals surface area contributed by atoms with Crippen molar-refractivity contribution < 1.29 is 9.53 Å². The summed E-state index contributed by atoms with van der Waals surface area (Å²) in [6.45, 7) is 4.13. The van der Waals surface area contributed by atoms with Gasteiger partial charge in [-0.3, -0.25) is 0 Å². The van der Waals surface area contributed by atoms with E-state index in [0.717, 1.165) is 11.3 Å². The Kier molecular flexibility index (Phi) is 3.23. The number of rotatable bonds is 2. The standard InChI is InChI=1S/C13H14N2O2/c1-3-17-13(16)15-12(8-9-14-15)11-6-4-10(2)5-7-11/h4-9H,3H2,1-2H3. The number of benzene rings is 1. The lowest BCUT2D eigenvalue weighted by molar-refractivity contribution is 0.151. The second kappa shape index (κ2) is 4.82. The molecule has 88 valence electrons. The van der Waals surface area contributed by atoms with Crippen LogP contribution in [-0.4, -0.2) is 22.5 Å². The molecule has 0 saturated heterocycles. The van der Waals surface area contributed by atoms with E-state index < -0.39 is 6.09 Å². The molecule has 0 fully saturated rings. The molecule has 0 aliphatic heterocycles. The molecular formula is C13H14N2O2. The van der Waals surface area contributed by atoms with Crippen LogP contribution < -0.4 is 0 Å². The molecule has 1 aromatic carbocycles. The molecule has 0 aliphatic rings. The first-order valence-corrected chi connectivity index (χ1v) is 5.50. The summed E-state index contributed by atoms with van der Waals surface area (Å²) in [6.07, 6.45) is 1.14. The molecule has 0 spiro atoms. The Labute approximate surface area is 99.8 Å². The molecule has 0 amide bonds. The van der Waals surface area contributed by atoms with Crippen LogP contribution in [0.4, 0.5) is 4.79 Å². The van der Waals surface area contributed by atoms with E-state index in [1.54, 1.807) is 19.2 Å². The average Bonchev–Trinajstić information content (AvgIpc) is 2.79. The molecular weight excluding hydrogens is 216 g/mol. The van der Waals surface area contributed by atoms with E-state index in [1.807, 2.05) is 31.2 Å². The summed E-state index contributed by atoms with van der Waals surface area (Å²) in [5.74, 6) is 0. The molecule has 17 heavy (non-hydrogen) atoms. The second-order valence-corrected chi connectivity index (χ2v) is 3.69. The van der Waals surface area contributed by atoms with Crippen LogP contribution in [0, 0.1) is 6.92 Å². The lowest BCUT2D eigenvalue weighted by Crippen LogP contribution is -2.15. The zero-order valence-electron chi connectivity index (χ0n) is 9.88. The molecule has 4 heteroatoms. The van der Waals surface area contributed by atoms with E-state index in [4.69, 9.17) is 4.74 Å². The van der Waals surface area contributed by atoms with Crippen LogP contribution >= 0.6 is 0 Å². The maximum atomic E-state index is 11.6. The van der Waals surface area contributed by atoms with Crippen molar-refractivity contribution in [2.24, 2.45) is 0 Å². The zero-order valence-corrected chi connectivity index (χ0v) is 9.88. The summed E-state index contributed by atoms with van der Waals surface area (Å²) < 4.78 is 6.21. The lowest BCUT2D eigenvalue weighted by atomic mass is 10.1. The predicted molar refractivity (Wildman–Crippen MR) is 64.8 cm³/mol. The van der Waals surface area contributed by atoms with Gasteiger partial charge in [0.25, 0.3) is 0 Å². The molecule has 1 aromatic heterocycles. The van der Waals surface area contributed by atoms with Crippen LogP contribution in [0.2, 0.25) is 0 Å². The fraction of sp³-hybridized carbons (Fsp3) is 0.231. The third-order valence-corrected chi connectivity index (χ3v) is 2.43. The summed E-state index contributed by atoms with van der Waals surface area (Å²) in [4.78, 5) is 11.6. The Balaban J connectivity index is 2.36. The van der Waals surface area contributed by atoms with Gasteiger partial charge < -0.3 is 4.74 Å². The minimum Gasteiger partial charge on any atom is -0.448 e. The monoisotopic (exact) mass is 230 g/mol. The van der Waals surface area contributed by atoms with Crippen molar-refractivity contribution in [2.75, 3.05) is 6.61 Å². The highest BCUT2D eigenvalue weighted by Crippen LogP contribution is 2.19. The van der Waals surface area contributed by atoms with Crippen LogP contribution in [0.1, 0.15) is 12.5 Å². The SMILES string of the molecule is CCOC(=O)n1nccc1-c1ccc(C)cc1. The fourth-order valence-electron chi connectivity index (χ4n) is 1.58. The normalized spacial score (nSPS) is 10.2. The van der Waals surface area contributed by atoms with Crippen molar-refractivity contribution in [3.8, 4) is 11.3 Å². The van der Waals surface area contributed by atoms with Crippen molar-refractivity contribution >= 4 is 6.09 Å². The molecule has 0 radical (unpaired) electrons. The van der Waals surface area contributed by atoms with Gasteiger partial charge in [-0.1, -0.05) is 29.8 Å². The number of aryl methyl sites for hydroxylation is 1. The van der Waals surface area contributed by atoms with Crippen LogP contribution in [0.5, 0.6) is 0 Å². The van der Waals surface area contributed by atoms with Gasteiger partial charge in [0.2, 0.25) is 0 Å². The van der Waals surface area contributed by atoms with Crippen molar-refractivity contribution in [3.63, 3.8) is 0 Å². The fourth-order valence-corrected chi connectivity index (χ4v) is 1.58. The van der Waals surface area contributed by atoms with E-state index in [2.05, 4.69) is 5.10 Å². The highest BCUT2D eigenvalue weighted by Gasteiger charge is 2.12. The Bertz CT molecular complexity index is 514. The summed E-state index contributed by atoms with van der Waals surface area (Å²) >= 11 is 0. The largest absolute Gasteiger partial charge is 0.448 e. The van der Waals surface area contributed by atoms with Crippen molar-refractivity contribution in [1.29, 1.82) is 0 Å². The first-order chi connectivity index (χ1) is 8.22. The molecule has 2 aromatic rings. The van der Waals surface area contributed by atoms with E-state index in [1.165, 1.54) is 10.2 Å². The minimum atomic E-state index is -0.451. The zero-order chi connectivity index (χ0) is 12.3. The van der Waals surface area contributed by atoms with Crippen LogP contribution in [0.25, 0.3) is 11.3 Å². The van der Waals surface area contributed by atoms with E-state index in [-0.39, 0.29) is 0 Å². The summed E-state index contributed by atoms with van der Waals surface area (Å²) in [6, 6.07) is 9.71. The minimum absolute atomic E-state index is 0.339. The number of carbonyl (C=O) groups excluding carboxylic acids is 1. The molecule has 0 atom stereocenters. The third-order valence-electron chi connectivity index (χ3n) is 2.43. The van der Waals surface area contributed by atoms with Crippen LogP contribution in [0.15, 0.2) is 36.5 Å². The van der Waals surface area contributed by atoms with Gasteiger partial charge >= 0.3 is 6.09 Å². The molecule has 0 saturated carbocycles. The number of carbonyl (C=O) groups is 1. The van der Waals surface area contributed by atoms with Gasteiger partial charge in [0.05, 0.1) is 18.5 Å². The number of ether oxygens (including phenoxy) is 1. The third kappa shape index (κ3) is 2.36. The highest BCUT2D eigenvalue weighted by molar-refractivity contribution is 5.76. The first kappa shape index (κ1) is 11.4. The molecule has 1 heterocycles. The van der Waals surface area contributed by atoms with Crippen molar-refractivity contribution in [1.82, 2.24) is 9.78 Å². The molecule has 4 nitrogen and oxygen atoms in total. The van der Waals surface area contributed by atoms with Crippen molar-refractivity contribution in [3.05, 3.63) is 42.1 Å². The Morgan fingerprint density at radius 1 is 1.29 bits per heavy atom. The van der Waals surface area contributed by atoms with Crippen LogP contribution in [0.3, 0.4) is 0 Å². The van der Waals surface area contributed by atoms with Gasteiger partial charge in [0.15, 0.2) is 0 Å². The maximum absolute atomic E-state index is 11.6. The van der Waals surface area contributed by atoms with Gasteiger partial charge in [-0.05, 0) is 19.9 Å². The van der Waals surface area contributed by atoms with E-state index in [9.17, 15) is 4.79 Å². The first-order valence-electron chi connectivity index (χ1n) is 5.50. The molecule has 0 bridgehead atoms. The maximum Gasteiger partial charge on any atom is 0.435 e. The number of nitrogens with zero attached hydrogens (tertiary/aromatic N) is 2. The summed E-state index contributed by atoms with van der Waals surface area (Å²) in [7, 11) is 0. The molecule has 2 rings (SSSR count). The Morgan fingerprint density at radius 2 is 2.00 bits per heavy atom. The quantitative estimate of drug-likeness (QED) is 0.796. The van der Waals surface area contributed by atoms with Gasteiger partial charge in [-0.15, -0.1) is 0 Å². The Hall–Kier alpha value is -2.10. The van der Waals surface area contributed by atoms with Gasteiger partial charge in [-0.25, -0.2) is 4.79 Å². The molecule has 0 aliphatic carbocycles. The van der Waals surface area contributed by atoms with Crippen molar-refractivity contribution in [2.45, 2.75) is 13.8 Å².